The number of nitro groups is 1. The summed E-state index contributed by atoms with van der Waals surface area (Å²) in [7, 11) is 0. The van der Waals surface area contributed by atoms with Crippen LogP contribution in [-0.2, 0) is 0 Å². The molecule has 0 saturated heterocycles. The number of carbonyl (C=O) groups excluding carboxylic acids is 1. The summed E-state index contributed by atoms with van der Waals surface area (Å²) in [6, 6.07) is 8.00. The van der Waals surface area contributed by atoms with Crippen molar-refractivity contribution < 1.29 is 14.5 Å². The molecule has 0 fully saturated rings. The Morgan fingerprint density at radius 2 is 1.86 bits per heavy atom. The Labute approximate surface area is 129 Å². The van der Waals surface area contributed by atoms with Gasteiger partial charge in [0.15, 0.2) is 0 Å². The maximum absolute atomic E-state index is 11.0. The van der Waals surface area contributed by atoms with Gasteiger partial charge < -0.3 is 4.74 Å². The van der Waals surface area contributed by atoms with Gasteiger partial charge in [-0.15, -0.1) is 0 Å². The van der Waals surface area contributed by atoms with Gasteiger partial charge in [-0.05, 0) is 59.6 Å². The van der Waals surface area contributed by atoms with E-state index in [9.17, 15) is 14.9 Å². The fourth-order valence-corrected chi connectivity index (χ4v) is 2.40. The van der Waals surface area contributed by atoms with Gasteiger partial charge in [-0.25, -0.2) is 0 Å². The lowest BCUT2D eigenvalue weighted by Crippen LogP contribution is -1.96. The van der Waals surface area contributed by atoms with Gasteiger partial charge in [0.25, 0.3) is 5.69 Å². The van der Waals surface area contributed by atoms with Crippen LogP contribution in [0.4, 0.5) is 5.69 Å². The van der Waals surface area contributed by atoms with Gasteiger partial charge in [-0.2, -0.15) is 0 Å². The average Bonchev–Trinajstić information content (AvgIpc) is 2.43. The second-order valence-electron chi connectivity index (χ2n) is 4.57. The Morgan fingerprint density at radius 3 is 2.43 bits per heavy atom. The van der Waals surface area contributed by atoms with Crippen molar-refractivity contribution in [1.82, 2.24) is 0 Å². The molecule has 0 bridgehead atoms. The van der Waals surface area contributed by atoms with Crippen molar-refractivity contribution in [2.24, 2.45) is 0 Å². The van der Waals surface area contributed by atoms with E-state index in [1.54, 1.807) is 31.2 Å². The number of halogens is 1. The molecule has 0 aromatic heterocycles. The molecule has 6 heteroatoms. The monoisotopic (exact) mass is 349 g/mol. The minimum absolute atomic E-state index is 0.0104. The van der Waals surface area contributed by atoms with Gasteiger partial charge in [-0.3, -0.25) is 14.9 Å². The van der Waals surface area contributed by atoms with Gasteiger partial charge in [0.05, 0.1) is 15.5 Å². The third kappa shape index (κ3) is 3.28. The lowest BCUT2D eigenvalue weighted by molar-refractivity contribution is -0.385. The van der Waals surface area contributed by atoms with Crippen LogP contribution in [-0.4, -0.2) is 11.2 Å². The first kappa shape index (κ1) is 15.2. The standard InChI is InChI=1S/C15H12BrNO4/c1-9-5-10(2)15(7-13(9)17(19)20)21-14-4-3-11(8-18)6-12(14)16/h3-8H,1-2H3. The van der Waals surface area contributed by atoms with Crippen LogP contribution < -0.4 is 4.74 Å². The van der Waals surface area contributed by atoms with Crippen molar-refractivity contribution in [2.45, 2.75) is 13.8 Å². The molecular formula is C15H12BrNO4. The highest BCUT2D eigenvalue weighted by molar-refractivity contribution is 9.10. The molecule has 0 aliphatic carbocycles. The summed E-state index contributed by atoms with van der Waals surface area (Å²) < 4.78 is 6.32. The van der Waals surface area contributed by atoms with Crippen molar-refractivity contribution in [2.75, 3.05) is 0 Å². The van der Waals surface area contributed by atoms with Gasteiger partial charge in [0, 0.05) is 11.1 Å². The Morgan fingerprint density at radius 1 is 1.14 bits per heavy atom. The average molecular weight is 350 g/mol. The number of benzene rings is 2. The third-order valence-electron chi connectivity index (χ3n) is 3.00. The lowest BCUT2D eigenvalue weighted by atomic mass is 10.1. The highest BCUT2D eigenvalue weighted by Gasteiger charge is 2.15. The van der Waals surface area contributed by atoms with Crippen LogP contribution >= 0.6 is 15.9 Å². The van der Waals surface area contributed by atoms with Crippen LogP contribution in [0.15, 0.2) is 34.8 Å². The lowest BCUT2D eigenvalue weighted by Gasteiger charge is -2.11. The predicted molar refractivity (Wildman–Crippen MR) is 82.2 cm³/mol. The van der Waals surface area contributed by atoms with Crippen molar-refractivity contribution in [3.8, 4) is 11.5 Å². The zero-order valence-corrected chi connectivity index (χ0v) is 13.0. The number of aldehydes is 1. The summed E-state index contributed by atoms with van der Waals surface area (Å²) in [4.78, 5) is 21.3. The molecule has 0 amide bonds. The van der Waals surface area contributed by atoms with E-state index in [1.807, 2.05) is 6.92 Å². The van der Waals surface area contributed by atoms with Gasteiger partial charge in [0.1, 0.15) is 17.8 Å². The number of hydrogen-bond acceptors (Lipinski definition) is 4. The first-order chi connectivity index (χ1) is 9.92. The zero-order chi connectivity index (χ0) is 15.6. The van der Waals surface area contributed by atoms with Gasteiger partial charge in [-0.1, -0.05) is 0 Å². The highest BCUT2D eigenvalue weighted by atomic mass is 79.9. The van der Waals surface area contributed by atoms with Crippen LogP contribution in [0, 0.1) is 24.0 Å². The largest absolute Gasteiger partial charge is 0.456 e. The Balaban J connectivity index is 2.42. The van der Waals surface area contributed by atoms with E-state index in [1.165, 1.54) is 6.07 Å². The molecule has 0 aliphatic heterocycles. The van der Waals surface area contributed by atoms with Crippen molar-refractivity contribution >= 4 is 27.9 Å². The van der Waals surface area contributed by atoms with Crippen LogP contribution in [0.3, 0.4) is 0 Å². The molecule has 2 aromatic rings. The molecule has 0 spiro atoms. The molecule has 0 atom stereocenters. The Bertz CT molecular complexity index is 728. The van der Waals surface area contributed by atoms with Gasteiger partial charge >= 0.3 is 0 Å². The maximum atomic E-state index is 11.0. The van der Waals surface area contributed by atoms with E-state index in [4.69, 9.17) is 4.74 Å². The fourth-order valence-electron chi connectivity index (χ4n) is 1.92. The van der Waals surface area contributed by atoms with E-state index in [2.05, 4.69) is 15.9 Å². The van der Waals surface area contributed by atoms with Crippen LogP contribution in [0.1, 0.15) is 21.5 Å². The second kappa shape index (κ2) is 6.05. The summed E-state index contributed by atoms with van der Waals surface area (Å²) in [6.45, 7) is 3.50. The molecule has 0 radical (unpaired) electrons. The van der Waals surface area contributed by atoms with E-state index >= 15 is 0 Å². The molecule has 0 aliphatic rings. The molecule has 0 saturated carbocycles. The molecule has 0 heterocycles. The van der Waals surface area contributed by atoms with Crippen LogP contribution in [0.25, 0.3) is 0 Å². The van der Waals surface area contributed by atoms with E-state index in [-0.39, 0.29) is 5.69 Å². The van der Waals surface area contributed by atoms with Crippen molar-refractivity contribution in [1.29, 1.82) is 0 Å². The molecule has 0 N–H and O–H groups in total. The number of rotatable bonds is 4. The summed E-state index contributed by atoms with van der Waals surface area (Å²) in [5.41, 5.74) is 1.90. The number of carbonyl (C=O) groups is 1. The smallest absolute Gasteiger partial charge is 0.276 e. The fraction of sp³-hybridized carbons (Fsp3) is 0.133. The Hall–Kier alpha value is -2.21. The number of aryl methyl sites for hydroxylation is 2. The first-order valence-electron chi connectivity index (χ1n) is 6.10. The van der Waals surface area contributed by atoms with Crippen molar-refractivity contribution in [3.63, 3.8) is 0 Å². The molecule has 2 aromatic carbocycles. The minimum Gasteiger partial charge on any atom is -0.456 e. The summed E-state index contributed by atoms with van der Waals surface area (Å²) >= 11 is 3.31. The summed E-state index contributed by atoms with van der Waals surface area (Å²) in [5, 5.41) is 11.0. The topological polar surface area (TPSA) is 69.4 Å². The van der Waals surface area contributed by atoms with E-state index < -0.39 is 4.92 Å². The molecule has 21 heavy (non-hydrogen) atoms. The van der Waals surface area contributed by atoms with Crippen LogP contribution in [0.5, 0.6) is 11.5 Å². The minimum atomic E-state index is -0.438. The number of nitro benzene ring substituents is 1. The van der Waals surface area contributed by atoms with E-state index in [0.717, 1.165) is 11.8 Å². The van der Waals surface area contributed by atoms with Gasteiger partial charge in [0.2, 0.25) is 0 Å². The molecule has 0 unspecified atom stereocenters. The summed E-state index contributed by atoms with van der Waals surface area (Å²) in [6.07, 6.45) is 0.733. The first-order valence-corrected chi connectivity index (χ1v) is 6.90. The molecule has 108 valence electrons. The quantitative estimate of drug-likeness (QED) is 0.460. The third-order valence-corrected chi connectivity index (χ3v) is 3.62. The SMILES string of the molecule is Cc1cc(C)c([N+](=O)[O-])cc1Oc1ccc(C=O)cc1Br. The highest BCUT2D eigenvalue weighted by Crippen LogP contribution is 2.35. The van der Waals surface area contributed by atoms with E-state index in [0.29, 0.717) is 27.1 Å². The summed E-state index contributed by atoms with van der Waals surface area (Å²) in [5.74, 6) is 0.897. The van der Waals surface area contributed by atoms with Crippen molar-refractivity contribution in [3.05, 3.63) is 61.6 Å². The molecule has 2 rings (SSSR count). The number of ether oxygens (including phenoxy) is 1. The van der Waals surface area contributed by atoms with Crippen LogP contribution in [0.2, 0.25) is 0 Å². The molecule has 5 nitrogen and oxygen atoms in total. The zero-order valence-electron chi connectivity index (χ0n) is 11.4. The Kier molecular flexibility index (Phi) is 4.37. The second-order valence-corrected chi connectivity index (χ2v) is 5.43. The predicted octanol–water partition coefficient (Wildman–Crippen LogP) is 4.58. The number of hydrogen-bond donors (Lipinski definition) is 0. The number of nitrogens with zero attached hydrogens (tertiary/aromatic N) is 1. The molecular weight excluding hydrogens is 338 g/mol. The normalized spacial score (nSPS) is 10.2. The maximum Gasteiger partial charge on any atom is 0.276 e.